The van der Waals surface area contributed by atoms with Crippen LogP contribution in [-0.2, 0) is 24.9 Å². The van der Waals surface area contributed by atoms with Crippen LogP contribution in [0.2, 0.25) is 0 Å². The van der Waals surface area contributed by atoms with Gasteiger partial charge in [-0.2, -0.15) is 0 Å². The highest BCUT2D eigenvalue weighted by molar-refractivity contribution is 6.35. The summed E-state index contributed by atoms with van der Waals surface area (Å²) < 4.78 is 0. The van der Waals surface area contributed by atoms with E-state index in [2.05, 4.69) is 111 Å². The fraction of sp³-hybridized carbons (Fsp3) is 0.176. The molecule has 0 nitrogen and oxygen atoms in total. The summed E-state index contributed by atoms with van der Waals surface area (Å²) in [7, 11) is -0.273. The second-order valence-electron chi connectivity index (χ2n) is 10.0. The summed E-state index contributed by atoms with van der Waals surface area (Å²) in [6.45, 7) is 4.67. The van der Waals surface area contributed by atoms with E-state index in [0.29, 0.717) is 0 Å². The minimum absolute atomic E-state index is 0.273. The Morgan fingerprint density at radius 3 is 1.37 bits per heavy atom. The average molecular weight is 469 g/mol. The van der Waals surface area contributed by atoms with Gasteiger partial charge < -0.3 is 0 Å². The van der Waals surface area contributed by atoms with Gasteiger partial charge >= 0.3 is 0 Å². The predicted molar refractivity (Wildman–Crippen MR) is 154 cm³/mol. The van der Waals surface area contributed by atoms with E-state index in [1.165, 1.54) is 56.6 Å². The van der Waals surface area contributed by atoms with Crippen molar-refractivity contribution in [2.45, 2.75) is 38.8 Å². The monoisotopic (exact) mass is 468 g/mol. The fourth-order valence-electron chi connectivity index (χ4n) is 6.31. The zero-order valence-electron chi connectivity index (χ0n) is 20.8. The highest BCUT2D eigenvalue weighted by atomic mass is 28.2. The first-order valence-electron chi connectivity index (χ1n) is 12.9. The molecule has 0 heterocycles. The van der Waals surface area contributed by atoms with Crippen LogP contribution in [0.15, 0.2) is 97.1 Å². The predicted octanol–water partition coefficient (Wildman–Crippen LogP) is 7.53. The van der Waals surface area contributed by atoms with E-state index in [0.717, 1.165) is 12.8 Å². The van der Waals surface area contributed by atoms with E-state index in [1.807, 2.05) is 0 Å². The second kappa shape index (κ2) is 9.32. The van der Waals surface area contributed by atoms with Crippen molar-refractivity contribution >= 4 is 31.8 Å². The minimum atomic E-state index is -0.273. The Kier molecular flexibility index (Phi) is 5.88. The van der Waals surface area contributed by atoms with Gasteiger partial charge in [-0.1, -0.05) is 97.1 Å². The molecule has 172 valence electrons. The minimum Gasteiger partial charge on any atom is -0.0622 e. The Balaban J connectivity index is 1.24. The topological polar surface area (TPSA) is 0 Å². The van der Waals surface area contributed by atoms with Crippen LogP contribution in [0.25, 0.3) is 22.3 Å². The summed E-state index contributed by atoms with van der Waals surface area (Å²) in [4.78, 5) is 0. The molecule has 0 amide bonds. The van der Waals surface area contributed by atoms with Gasteiger partial charge in [0.2, 0.25) is 0 Å². The van der Waals surface area contributed by atoms with E-state index in [4.69, 9.17) is 0 Å². The number of rotatable bonds is 6. The van der Waals surface area contributed by atoms with Gasteiger partial charge in [-0.05, 0) is 106 Å². The van der Waals surface area contributed by atoms with E-state index < -0.39 is 0 Å². The lowest BCUT2D eigenvalue weighted by molar-refractivity contribution is 1.23. The van der Waals surface area contributed by atoms with Gasteiger partial charge in [0.25, 0.3) is 0 Å². The van der Waals surface area contributed by atoms with Crippen LogP contribution >= 0.6 is 0 Å². The summed E-state index contributed by atoms with van der Waals surface area (Å²) in [6, 6.07) is 38.4. The maximum absolute atomic E-state index is 2.39. The van der Waals surface area contributed by atoms with Crippen LogP contribution in [0, 0.1) is 0 Å². The summed E-state index contributed by atoms with van der Waals surface area (Å²) in [6.07, 6.45) is 2.14. The first-order valence-corrected chi connectivity index (χ1v) is 14.9. The van der Waals surface area contributed by atoms with Crippen LogP contribution in [0.3, 0.4) is 0 Å². The molecular formula is C34H32Si. The van der Waals surface area contributed by atoms with Crippen molar-refractivity contribution < 1.29 is 0 Å². The lowest BCUT2D eigenvalue weighted by Gasteiger charge is -2.12. The molecule has 2 aliphatic carbocycles. The highest BCUT2D eigenvalue weighted by Gasteiger charge is 2.24. The molecule has 0 fully saturated rings. The third kappa shape index (κ3) is 4.04. The first kappa shape index (κ1) is 22.1. The Bertz CT molecular complexity index is 1340. The third-order valence-electron chi connectivity index (χ3n) is 8.00. The Hall–Kier alpha value is -3.42. The molecule has 0 aromatic heterocycles. The number of benzene rings is 4. The van der Waals surface area contributed by atoms with Gasteiger partial charge in [0.1, 0.15) is 0 Å². The van der Waals surface area contributed by atoms with E-state index in [1.54, 1.807) is 22.3 Å². The zero-order valence-corrected chi connectivity index (χ0v) is 22.2. The van der Waals surface area contributed by atoms with Gasteiger partial charge in [-0.15, -0.1) is 0 Å². The van der Waals surface area contributed by atoms with Crippen molar-refractivity contribution in [1.82, 2.24) is 0 Å². The lowest BCUT2D eigenvalue weighted by atomic mass is 9.99. The van der Waals surface area contributed by atoms with E-state index in [-0.39, 0.29) is 9.52 Å². The third-order valence-corrected chi connectivity index (χ3v) is 9.79. The average Bonchev–Trinajstić information content (AvgIpc) is 3.43. The molecule has 4 aromatic carbocycles. The number of hydrogen-bond donors (Lipinski definition) is 0. The normalized spacial score (nSPS) is 14.5. The molecule has 0 saturated carbocycles. The molecule has 0 unspecified atom stereocenters. The molecule has 0 atom stereocenters. The van der Waals surface area contributed by atoms with Gasteiger partial charge in [0, 0.05) is 9.52 Å². The smallest absolute Gasteiger partial charge is 0.0297 e. The zero-order chi connectivity index (χ0) is 23.8. The van der Waals surface area contributed by atoms with Crippen molar-refractivity contribution in [1.29, 1.82) is 0 Å². The van der Waals surface area contributed by atoms with Crippen LogP contribution in [0.1, 0.15) is 58.4 Å². The molecule has 0 spiro atoms. The molecule has 2 aliphatic rings. The van der Waals surface area contributed by atoms with Gasteiger partial charge in [0.05, 0.1) is 0 Å². The number of fused-ring (bicyclic) bond motifs is 2. The van der Waals surface area contributed by atoms with Crippen LogP contribution < -0.4 is 0 Å². The van der Waals surface area contributed by atoms with Crippen LogP contribution in [-0.4, -0.2) is 9.52 Å². The molecule has 6 rings (SSSR count). The molecule has 0 bridgehead atoms. The standard InChI is InChI=1S/C34H32Si/c1-23-31(25-11-5-3-6-12-25)19-27-15-9-17-29(33(23)27)21-35-22-30-18-10-16-28-20-32(24(2)34(28)30)26-13-7-4-8-14-26/h3-18H,19-22,35H2,1-2H3. The van der Waals surface area contributed by atoms with Gasteiger partial charge in [0.15, 0.2) is 0 Å². The SMILES string of the molecule is CC1=C(c2ccccc2)Cc2cccc(C[SiH2]Cc3cccc4c3C(C)=C(c3ccccc3)C4)c21. The summed E-state index contributed by atoms with van der Waals surface area (Å²) in [5, 5.41) is 0. The first-order chi connectivity index (χ1) is 17.2. The summed E-state index contributed by atoms with van der Waals surface area (Å²) in [5.41, 5.74) is 18.0. The fourth-order valence-corrected chi connectivity index (χ4v) is 8.09. The van der Waals surface area contributed by atoms with Crippen molar-refractivity contribution in [2.24, 2.45) is 0 Å². The quantitative estimate of drug-likeness (QED) is 0.257. The van der Waals surface area contributed by atoms with Crippen LogP contribution in [0.4, 0.5) is 0 Å². The van der Waals surface area contributed by atoms with E-state index in [9.17, 15) is 0 Å². The Morgan fingerprint density at radius 2 is 0.943 bits per heavy atom. The van der Waals surface area contributed by atoms with E-state index >= 15 is 0 Å². The Labute approximate surface area is 211 Å². The largest absolute Gasteiger partial charge is 0.0622 e. The van der Waals surface area contributed by atoms with Crippen molar-refractivity contribution in [3.8, 4) is 0 Å². The van der Waals surface area contributed by atoms with Gasteiger partial charge in [-0.3, -0.25) is 0 Å². The van der Waals surface area contributed by atoms with Crippen molar-refractivity contribution in [2.75, 3.05) is 0 Å². The molecular weight excluding hydrogens is 436 g/mol. The molecule has 0 N–H and O–H groups in total. The molecule has 0 aliphatic heterocycles. The Morgan fingerprint density at radius 1 is 0.514 bits per heavy atom. The summed E-state index contributed by atoms with van der Waals surface area (Å²) in [5.74, 6) is 0. The molecule has 35 heavy (non-hydrogen) atoms. The summed E-state index contributed by atoms with van der Waals surface area (Å²) >= 11 is 0. The molecule has 0 radical (unpaired) electrons. The highest BCUT2D eigenvalue weighted by Crippen LogP contribution is 2.41. The molecule has 1 heteroatoms. The van der Waals surface area contributed by atoms with Crippen molar-refractivity contribution in [3.05, 3.63) is 142 Å². The van der Waals surface area contributed by atoms with Crippen LogP contribution in [0.5, 0.6) is 0 Å². The maximum atomic E-state index is 2.39. The van der Waals surface area contributed by atoms with Gasteiger partial charge in [-0.25, -0.2) is 0 Å². The second-order valence-corrected chi connectivity index (χ2v) is 11.8. The number of allylic oxidation sites excluding steroid dienone is 4. The number of hydrogen-bond acceptors (Lipinski definition) is 0. The molecule has 0 saturated heterocycles. The maximum Gasteiger partial charge on any atom is 0.0297 e. The lowest BCUT2D eigenvalue weighted by Crippen LogP contribution is -2.06. The van der Waals surface area contributed by atoms with Crippen molar-refractivity contribution in [3.63, 3.8) is 0 Å². The molecule has 4 aromatic rings.